The number of hydrogen-bond acceptors (Lipinski definition) is 5. The van der Waals surface area contributed by atoms with Gasteiger partial charge in [-0.15, -0.1) is 0 Å². The largest absolute Gasteiger partial charge is 0.454 e. The van der Waals surface area contributed by atoms with Crippen molar-refractivity contribution in [3.8, 4) is 11.5 Å². The van der Waals surface area contributed by atoms with Crippen molar-refractivity contribution in [2.45, 2.75) is 25.5 Å². The first-order chi connectivity index (χ1) is 19.9. The zero-order valence-corrected chi connectivity index (χ0v) is 22.6. The smallest absolute Gasteiger partial charge is 0.266 e. The number of benzene rings is 4. The molecule has 2 atom stereocenters. The van der Waals surface area contributed by atoms with Crippen LogP contribution in [0.4, 0.5) is 17.1 Å². The van der Waals surface area contributed by atoms with Crippen LogP contribution in [-0.4, -0.2) is 28.6 Å². The number of fused-ring (bicyclic) bond motifs is 3. The van der Waals surface area contributed by atoms with Crippen molar-refractivity contribution in [1.82, 2.24) is 0 Å². The Bertz CT molecular complexity index is 1660. The third kappa shape index (κ3) is 4.49. The summed E-state index contributed by atoms with van der Waals surface area (Å²) in [5.41, 5.74) is 1.95. The standard InChI is InChI=1S/C34H30N2O5/c1-23(11-8-9-20-37)34(40)27-15-3-4-16-28(27)35(33(34)39)22-24-12-10-13-25(21-24)36-29-17-5-7-19-31(29)41-30-18-6-2-14-26(30)32(36)38/h2-8,10-19,21,23,37,40H,9,20,22H2,1H3/b11-8+/t23-,34+/m0/s1. The van der Waals surface area contributed by atoms with Gasteiger partial charge in [-0.3, -0.25) is 14.5 Å². The third-order valence-corrected chi connectivity index (χ3v) is 7.71. The van der Waals surface area contributed by atoms with Gasteiger partial charge in [0, 0.05) is 23.8 Å². The molecule has 0 fully saturated rings. The number of amides is 2. The van der Waals surface area contributed by atoms with E-state index in [1.165, 1.54) is 0 Å². The van der Waals surface area contributed by atoms with Crippen LogP contribution < -0.4 is 14.5 Å². The van der Waals surface area contributed by atoms with Crippen LogP contribution in [0.5, 0.6) is 11.5 Å². The van der Waals surface area contributed by atoms with Gasteiger partial charge in [-0.2, -0.15) is 0 Å². The predicted molar refractivity (Wildman–Crippen MR) is 157 cm³/mol. The highest BCUT2D eigenvalue weighted by atomic mass is 16.5. The molecule has 0 bridgehead atoms. The van der Waals surface area contributed by atoms with Crippen molar-refractivity contribution in [2.75, 3.05) is 16.4 Å². The molecule has 7 heteroatoms. The molecule has 2 aliphatic heterocycles. The molecule has 0 radical (unpaired) electrons. The molecule has 2 aliphatic rings. The first-order valence-electron chi connectivity index (χ1n) is 13.6. The second kappa shape index (κ2) is 10.7. The first-order valence-corrected chi connectivity index (χ1v) is 13.6. The van der Waals surface area contributed by atoms with Crippen LogP contribution in [0, 0.1) is 5.92 Å². The summed E-state index contributed by atoms with van der Waals surface area (Å²) in [6, 6.07) is 29.4. The average molecular weight is 547 g/mol. The molecule has 2 N–H and O–H groups in total. The second-order valence-electron chi connectivity index (χ2n) is 10.3. The molecular formula is C34H30N2O5. The van der Waals surface area contributed by atoms with E-state index in [1.54, 1.807) is 47.1 Å². The quantitative estimate of drug-likeness (QED) is 0.274. The van der Waals surface area contributed by atoms with E-state index in [0.717, 1.165) is 5.56 Å². The van der Waals surface area contributed by atoms with Gasteiger partial charge in [-0.25, -0.2) is 0 Å². The molecular weight excluding hydrogens is 516 g/mol. The zero-order valence-electron chi connectivity index (χ0n) is 22.6. The zero-order chi connectivity index (χ0) is 28.6. The maximum Gasteiger partial charge on any atom is 0.266 e. The van der Waals surface area contributed by atoms with Crippen LogP contribution >= 0.6 is 0 Å². The summed E-state index contributed by atoms with van der Waals surface area (Å²) in [4.78, 5) is 31.0. The fourth-order valence-electron chi connectivity index (χ4n) is 5.61. The Hall–Kier alpha value is -4.72. The van der Waals surface area contributed by atoms with Gasteiger partial charge >= 0.3 is 0 Å². The topological polar surface area (TPSA) is 90.3 Å². The molecule has 0 aromatic heterocycles. The van der Waals surface area contributed by atoms with Crippen molar-refractivity contribution in [2.24, 2.45) is 5.92 Å². The van der Waals surface area contributed by atoms with Crippen LogP contribution in [0.2, 0.25) is 0 Å². The molecule has 2 amide bonds. The lowest BCUT2D eigenvalue weighted by Gasteiger charge is -2.28. The van der Waals surface area contributed by atoms with Crippen molar-refractivity contribution in [1.29, 1.82) is 0 Å². The molecule has 0 saturated heterocycles. The lowest BCUT2D eigenvalue weighted by molar-refractivity contribution is -0.139. The van der Waals surface area contributed by atoms with Gasteiger partial charge in [0.15, 0.2) is 11.4 Å². The average Bonchev–Trinajstić information content (AvgIpc) is 3.12. The fraction of sp³-hybridized carbons (Fsp3) is 0.176. The highest BCUT2D eigenvalue weighted by Gasteiger charge is 2.52. The molecule has 2 heterocycles. The summed E-state index contributed by atoms with van der Waals surface area (Å²) in [6.07, 6.45) is 4.00. The maximum absolute atomic E-state index is 13.9. The van der Waals surface area contributed by atoms with Crippen molar-refractivity contribution in [3.63, 3.8) is 0 Å². The fourth-order valence-corrected chi connectivity index (χ4v) is 5.61. The first kappa shape index (κ1) is 26.5. The van der Waals surface area contributed by atoms with Gasteiger partial charge in [0.2, 0.25) is 0 Å². The van der Waals surface area contributed by atoms with Crippen molar-refractivity contribution in [3.05, 3.63) is 126 Å². The summed E-state index contributed by atoms with van der Waals surface area (Å²) < 4.78 is 6.13. The molecule has 206 valence electrons. The normalized spacial score (nSPS) is 18.5. The van der Waals surface area contributed by atoms with E-state index in [-0.39, 0.29) is 19.1 Å². The van der Waals surface area contributed by atoms with Gasteiger partial charge in [-0.05, 0) is 54.4 Å². The monoisotopic (exact) mass is 546 g/mol. The van der Waals surface area contributed by atoms with Crippen LogP contribution in [0.1, 0.15) is 34.8 Å². The number of rotatable bonds is 7. The van der Waals surface area contributed by atoms with Crippen molar-refractivity contribution < 1.29 is 24.5 Å². The Balaban J connectivity index is 1.37. The summed E-state index contributed by atoms with van der Waals surface area (Å²) >= 11 is 0. The number of anilines is 3. The van der Waals surface area contributed by atoms with Crippen LogP contribution in [-0.2, 0) is 16.9 Å². The Kier molecular flexibility index (Phi) is 6.91. The Morgan fingerprint density at radius 3 is 2.39 bits per heavy atom. The van der Waals surface area contributed by atoms with E-state index in [9.17, 15) is 14.7 Å². The molecule has 0 spiro atoms. The number of carbonyl (C=O) groups excluding carboxylic acids is 2. The molecule has 7 nitrogen and oxygen atoms in total. The van der Waals surface area contributed by atoms with Crippen LogP contribution in [0.25, 0.3) is 0 Å². The minimum Gasteiger partial charge on any atom is -0.454 e. The highest BCUT2D eigenvalue weighted by Crippen LogP contribution is 2.46. The summed E-state index contributed by atoms with van der Waals surface area (Å²) in [5.74, 6) is -0.0882. The SMILES string of the molecule is C[C@@H](/C=C/CCO)[C@]1(O)C(=O)N(Cc2cccc(N3C(=O)c4ccccc4Oc4ccccc43)c2)c2ccccc21. The lowest BCUT2D eigenvalue weighted by Crippen LogP contribution is -2.44. The minimum atomic E-state index is -1.74. The predicted octanol–water partition coefficient (Wildman–Crippen LogP) is 6.08. The van der Waals surface area contributed by atoms with E-state index in [4.69, 9.17) is 9.84 Å². The highest BCUT2D eigenvalue weighted by molar-refractivity contribution is 6.14. The summed E-state index contributed by atoms with van der Waals surface area (Å²) in [5, 5.41) is 20.9. The van der Waals surface area contributed by atoms with Crippen LogP contribution in [0.15, 0.2) is 109 Å². The molecule has 4 aromatic carbocycles. The van der Waals surface area contributed by atoms with Gasteiger partial charge < -0.3 is 19.8 Å². The second-order valence-corrected chi connectivity index (χ2v) is 10.3. The van der Waals surface area contributed by atoms with Gasteiger partial charge in [0.1, 0.15) is 5.75 Å². The van der Waals surface area contributed by atoms with Gasteiger partial charge in [-0.1, -0.05) is 73.7 Å². The van der Waals surface area contributed by atoms with E-state index in [2.05, 4.69) is 0 Å². The van der Waals surface area contributed by atoms with E-state index >= 15 is 0 Å². The molecule has 0 aliphatic carbocycles. The number of ether oxygens (including phenoxy) is 1. The number of aliphatic hydroxyl groups excluding tert-OH is 1. The number of para-hydroxylation sites is 4. The minimum absolute atomic E-state index is 0.00362. The molecule has 4 aromatic rings. The molecule has 41 heavy (non-hydrogen) atoms. The van der Waals surface area contributed by atoms with Gasteiger partial charge in [0.05, 0.1) is 23.5 Å². The lowest BCUT2D eigenvalue weighted by atomic mass is 9.83. The number of hydrogen-bond donors (Lipinski definition) is 2. The molecule has 0 unspecified atom stereocenters. The van der Waals surface area contributed by atoms with E-state index < -0.39 is 17.4 Å². The number of carbonyl (C=O) groups is 2. The Morgan fingerprint density at radius 1 is 0.878 bits per heavy atom. The summed E-state index contributed by atoms with van der Waals surface area (Å²) in [7, 11) is 0. The molecule has 0 saturated carbocycles. The Labute approximate surface area is 238 Å². The Morgan fingerprint density at radius 2 is 1.59 bits per heavy atom. The number of aliphatic hydroxyl groups is 2. The maximum atomic E-state index is 13.9. The van der Waals surface area contributed by atoms with Crippen molar-refractivity contribution >= 4 is 28.9 Å². The van der Waals surface area contributed by atoms with Gasteiger partial charge in [0.25, 0.3) is 11.8 Å². The summed E-state index contributed by atoms with van der Waals surface area (Å²) in [6.45, 7) is 2.00. The van der Waals surface area contributed by atoms with E-state index in [0.29, 0.717) is 46.1 Å². The van der Waals surface area contributed by atoms with E-state index in [1.807, 2.05) is 78.9 Å². The van der Waals surface area contributed by atoms with Crippen LogP contribution in [0.3, 0.4) is 0 Å². The third-order valence-electron chi connectivity index (χ3n) is 7.71. The number of nitrogens with zero attached hydrogens (tertiary/aromatic N) is 2. The molecule has 6 rings (SSSR count).